The number of aliphatic hydroxyl groups excluding tert-OH is 1. The van der Waals surface area contributed by atoms with E-state index in [0.717, 1.165) is 29.0 Å². The van der Waals surface area contributed by atoms with E-state index in [1.807, 2.05) is 43.3 Å². The Labute approximate surface area is 165 Å². The molecule has 150 valence electrons. The normalized spacial score (nSPS) is 13.5. The van der Waals surface area contributed by atoms with Gasteiger partial charge in [-0.15, -0.1) is 0 Å². The summed E-state index contributed by atoms with van der Waals surface area (Å²) in [7, 11) is 0. The molecule has 0 aromatic heterocycles. The minimum Gasteiger partial charge on any atom is -0.463 e. The number of carbonyl (C=O) groups excluding carboxylic acids is 1. The Kier molecular flexibility index (Phi) is 7.28. The van der Waals surface area contributed by atoms with Crippen molar-refractivity contribution >= 4 is 5.97 Å². The third-order valence-corrected chi connectivity index (χ3v) is 4.45. The van der Waals surface area contributed by atoms with Gasteiger partial charge in [0.1, 0.15) is 12.7 Å². The number of carbonyl (C=O) groups is 1. The van der Waals surface area contributed by atoms with Crippen molar-refractivity contribution in [1.29, 1.82) is 0 Å². The molecule has 0 unspecified atom stereocenters. The molecule has 0 radical (unpaired) electrons. The molecular formula is C22H27NO5. The molecule has 1 aliphatic rings. The Balaban J connectivity index is 1.63. The SMILES string of the molecule is CCCC(=O)OC[C@@H](O)CN(Cc1ccccc1)Cc1ccc2c(c1)OCO2. The summed E-state index contributed by atoms with van der Waals surface area (Å²) in [5.41, 5.74) is 2.22. The first-order chi connectivity index (χ1) is 13.6. The first kappa shape index (κ1) is 20.2. The molecule has 6 nitrogen and oxygen atoms in total. The molecule has 0 saturated heterocycles. The summed E-state index contributed by atoms with van der Waals surface area (Å²) in [6.45, 7) is 3.87. The number of hydrogen-bond acceptors (Lipinski definition) is 6. The van der Waals surface area contributed by atoms with Crippen LogP contribution >= 0.6 is 0 Å². The third kappa shape index (κ3) is 5.97. The lowest BCUT2D eigenvalue weighted by atomic mass is 10.1. The van der Waals surface area contributed by atoms with Gasteiger partial charge in [0.2, 0.25) is 6.79 Å². The quantitative estimate of drug-likeness (QED) is 0.634. The van der Waals surface area contributed by atoms with Crippen LogP contribution < -0.4 is 9.47 Å². The average molecular weight is 385 g/mol. The molecule has 1 heterocycles. The number of benzene rings is 2. The maximum atomic E-state index is 11.6. The van der Waals surface area contributed by atoms with Crippen LogP contribution in [-0.2, 0) is 22.6 Å². The van der Waals surface area contributed by atoms with Crippen LogP contribution in [0.3, 0.4) is 0 Å². The van der Waals surface area contributed by atoms with E-state index in [-0.39, 0.29) is 19.4 Å². The first-order valence-electron chi connectivity index (χ1n) is 9.62. The van der Waals surface area contributed by atoms with Crippen LogP contribution in [0.4, 0.5) is 0 Å². The summed E-state index contributed by atoms with van der Waals surface area (Å²) in [5, 5.41) is 10.4. The number of aliphatic hydroxyl groups is 1. The molecule has 28 heavy (non-hydrogen) atoms. The van der Waals surface area contributed by atoms with Gasteiger partial charge in [0.15, 0.2) is 11.5 Å². The smallest absolute Gasteiger partial charge is 0.305 e. The summed E-state index contributed by atoms with van der Waals surface area (Å²) >= 11 is 0. The van der Waals surface area contributed by atoms with Gasteiger partial charge in [0, 0.05) is 26.1 Å². The maximum Gasteiger partial charge on any atom is 0.305 e. The van der Waals surface area contributed by atoms with Gasteiger partial charge < -0.3 is 19.3 Å². The van der Waals surface area contributed by atoms with E-state index >= 15 is 0 Å². The summed E-state index contributed by atoms with van der Waals surface area (Å²) in [6, 6.07) is 16.0. The van der Waals surface area contributed by atoms with E-state index in [1.165, 1.54) is 0 Å². The highest BCUT2D eigenvalue weighted by Crippen LogP contribution is 2.32. The van der Waals surface area contributed by atoms with Crippen LogP contribution in [0.25, 0.3) is 0 Å². The van der Waals surface area contributed by atoms with E-state index in [4.69, 9.17) is 14.2 Å². The van der Waals surface area contributed by atoms with Crippen LogP contribution in [0.2, 0.25) is 0 Å². The second-order valence-electron chi connectivity index (χ2n) is 6.93. The van der Waals surface area contributed by atoms with Crippen molar-refractivity contribution in [1.82, 2.24) is 4.90 Å². The fourth-order valence-corrected chi connectivity index (χ4v) is 3.14. The van der Waals surface area contributed by atoms with E-state index < -0.39 is 6.10 Å². The average Bonchev–Trinajstić information content (AvgIpc) is 3.15. The molecule has 0 fully saturated rings. The molecule has 1 aliphatic heterocycles. The minimum atomic E-state index is -0.751. The molecule has 0 spiro atoms. The van der Waals surface area contributed by atoms with Crippen molar-refractivity contribution in [3.63, 3.8) is 0 Å². The van der Waals surface area contributed by atoms with Crippen molar-refractivity contribution in [2.45, 2.75) is 39.0 Å². The topological polar surface area (TPSA) is 68.2 Å². The standard InChI is InChI=1S/C22H27NO5/c1-2-6-22(25)26-15-19(24)14-23(12-17-7-4-3-5-8-17)13-18-9-10-20-21(11-18)28-16-27-20/h3-5,7-11,19,24H,2,6,12-16H2,1H3/t19-/m0/s1. The Morgan fingerprint density at radius 3 is 2.64 bits per heavy atom. The molecule has 1 atom stereocenters. The molecule has 3 rings (SSSR count). The Morgan fingerprint density at radius 2 is 1.86 bits per heavy atom. The fraction of sp³-hybridized carbons (Fsp3) is 0.409. The third-order valence-electron chi connectivity index (χ3n) is 4.45. The Bertz CT molecular complexity index is 765. The van der Waals surface area contributed by atoms with Crippen LogP contribution in [0.1, 0.15) is 30.9 Å². The van der Waals surface area contributed by atoms with Crippen molar-refractivity contribution in [2.24, 2.45) is 0 Å². The lowest BCUT2D eigenvalue weighted by Crippen LogP contribution is -2.34. The Hall–Kier alpha value is -2.57. The highest BCUT2D eigenvalue weighted by molar-refractivity contribution is 5.69. The second kappa shape index (κ2) is 10.1. The highest BCUT2D eigenvalue weighted by atomic mass is 16.7. The second-order valence-corrected chi connectivity index (χ2v) is 6.93. The zero-order valence-electron chi connectivity index (χ0n) is 16.2. The molecule has 0 bridgehead atoms. The number of nitrogens with zero attached hydrogens (tertiary/aromatic N) is 1. The van der Waals surface area contributed by atoms with Gasteiger partial charge in [-0.25, -0.2) is 0 Å². The number of fused-ring (bicyclic) bond motifs is 1. The molecule has 1 N–H and O–H groups in total. The summed E-state index contributed by atoms with van der Waals surface area (Å²) < 4.78 is 16.0. The molecular weight excluding hydrogens is 358 g/mol. The van der Waals surface area contributed by atoms with Gasteiger partial charge >= 0.3 is 5.97 Å². The van der Waals surface area contributed by atoms with Crippen molar-refractivity contribution in [3.05, 3.63) is 59.7 Å². The zero-order chi connectivity index (χ0) is 19.8. The van der Waals surface area contributed by atoms with Gasteiger partial charge in [-0.2, -0.15) is 0 Å². The van der Waals surface area contributed by atoms with Gasteiger partial charge in [0.05, 0.1) is 0 Å². The van der Waals surface area contributed by atoms with Gasteiger partial charge in [0.25, 0.3) is 0 Å². The van der Waals surface area contributed by atoms with Crippen LogP contribution in [-0.4, -0.2) is 42.0 Å². The van der Waals surface area contributed by atoms with Crippen molar-refractivity contribution in [3.8, 4) is 11.5 Å². The lowest BCUT2D eigenvalue weighted by molar-refractivity contribution is -0.147. The summed E-state index contributed by atoms with van der Waals surface area (Å²) in [6.07, 6.45) is 0.357. The van der Waals surface area contributed by atoms with Gasteiger partial charge in [-0.05, 0) is 29.7 Å². The fourth-order valence-electron chi connectivity index (χ4n) is 3.14. The molecule has 0 aliphatic carbocycles. The van der Waals surface area contributed by atoms with E-state index in [2.05, 4.69) is 17.0 Å². The molecule has 0 amide bonds. The number of ether oxygens (including phenoxy) is 3. The predicted molar refractivity (Wildman–Crippen MR) is 105 cm³/mol. The summed E-state index contributed by atoms with van der Waals surface area (Å²) in [5.74, 6) is 1.22. The van der Waals surface area contributed by atoms with Crippen LogP contribution in [0.15, 0.2) is 48.5 Å². The number of rotatable bonds is 10. The predicted octanol–water partition coefficient (Wildman–Crippen LogP) is 3.12. The van der Waals surface area contributed by atoms with Crippen LogP contribution in [0.5, 0.6) is 11.5 Å². The largest absolute Gasteiger partial charge is 0.463 e. The maximum absolute atomic E-state index is 11.6. The summed E-state index contributed by atoms with van der Waals surface area (Å²) in [4.78, 5) is 13.7. The highest BCUT2D eigenvalue weighted by Gasteiger charge is 2.18. The molecule has 0 saturated carbocycles. The van der Waals surface area contributed by atoms with E-state index in [1.54, 1.807) is 0 Å². The van der Waals surface area contributed by atoms with E-state index in [9.17, 15) is 9.90 Å². The van der Waals surface area contributed by atoms with Crippen LogP contribution in [0, 0.1) is 0 Å². The van der Waals surface area contributed by atoms with E-state index in [0.29, 0.717) is 26.1 Å². The molecule has 2 aromatic rings. The Morgan fingerprint density at radius 1 is 1.11 bits per heavy atom. The first-order valence-corrected chi connectivity index (χ1v) is 9.62. The van der Waals surface area contributed by atoms with Crippen molar-refractivity contribution < 1.29 is 24.1 Å². The number of esters is 1. The van der Waals surface area contributed by atoms with Gasteiger partial charge in [-0.3, -0.25) is 9.69 Å². The molecule has 6 heteroatoms. The lowest BCUT2D eigenvalue weighted by Gasteiger charge is -2.25. The minimum absolute atomic E-state index is 0.00522. The number of hydrogen-bond donors (Lipinski definition) is 1. The van der Waals surface area contributed by atoms with Crippen molar-refractivity contribution in [2.75, 3.05) is 19.9 Å². The zero-order valence-corrected chi connectivity index (χ0v) is 16.2. The van der Waals surface area contributed by atoms with Gasteiger partial charge in [-0.1, -0.05) is 43.3 Å². The monoisotopic (exact) mass is 385 g/mol. The molecule has 2 aromatic carbocycles.